The molecule has 2 amide bonds. The van der Waals surface area contributed by atoms with Gasteiger partial charge in [-0.25, -0.2) is 0 Å². The predicted molar refractivity (Wildman–Crippen MR) is 238 cm³/mol. The van der Waals surface area contributed by atoms with E-state index in [1.165, 1.54) is 75.6 Å². The second kappa shape index (κ2) is 26.7. The topological polar surface area (TPSA) is 144 Å². The number of carbonyl (C=O) groups is 2. The fraction of sp³-hybridized carbons (Fsp3) is 0.320. The highest BCUT2D eigenvalue weighted by atomic mass is 16.6. The van der Waals surface area contributed by atoms with E-state index < -0.39 is 9.85 Å². The number of nitro benzene ring substituents is 2. The standard InChI is InChI=1S/C50H50N4O6/c55-49(51-45-31-19-27-41(37-45)23-15-17-25-43-29-21-33-47(39-43)53(57)58)35-13-11-9-7-5-3-1-2-4-6-8-10-12-14-36-50(56)52-46-32-20-28-42(38-46)24-16-18-26-44-30-22-34-48(40-44)54(59)60/h19-22,27-34,37-40H,1-14,35-36H2,(H,51,55)(H,52,56). The Balaban J connectivity index is 0.951. The maximum atomic E-state index is 12.5. The largest absolute Gasteiger partial charge is 0.326 e. The lowest BCUT2D eigenvalue weighted by atomic mass is 10.0. The molecular formula is C50H50N4O6. The van der Waals surface area contributed by atoms with Crippen LogP contribution in [0.4, 0.5) is 22.7 Å². The van der Waals surface area contributed by atoms with Gasteiger partial charge in [0.25, 0.3) is 11.4 Å². The van der Waals surface area contributed by atoms with Crippen molar-refractivity contribution < 1.29 is 19.4 Å². The summed E-state index contributed by atoms with van der Waals surface area (Å²) in [6, 6.07) is 26.8. The molecule has 10 nitrogen and oxygen atoms in total. The van der Waals surface area contributed by atoms with Gasteiger partial charge < -0.3 is 10.6 Å². The highest BCUT2D eigenvalue weighted by Gasteiger charge is 2.06. The van der Waals surface area contributed by atoms with E-state index in [4.69, 9.17) is 0 Å². The average Bonchev–Trinajstić information content (AvgIpc) is 3.24. The Kier molecular flexibility index (Phi) is 20.3. The molecule has 0 aliphatic heterocycles. The van der Waals surface area contributed by atoms with E-state index in [1.807, 2.05) is 36.4 Å². The molecule has 60 heavy (non-hydrogen) atoms. The normalized spacial score (nSPS) is 9.93. The number of rotatable bonds is 21. The van der Waals surface area contributed by atoms with Crippen molar-refractivity contribution in [2.45, 2.75) is 103 Å². The molecule has 0 heterocycles. The molecule has 10 heteroatoms. The number of anilines is 2. The summed E-state index contributed by atoms with van der Waals surface area (Å²) >= 11 is 0. The summed E-state index contributed by atoms with van der Waals surface area (Å²) in [7, 11) is 0. The van der Waals surface area contributed by atoms with Gasteiger partial charge in [-0.15, -0.1) is 0 Å². The Labute approximate surface area is 353 Å². The maximum absolute atomic E-state index is 12.5. The Morgan fingerprint density at radius 1 is 0.417 bits per heavy atom. The fourth-order valence-corrected chi connectivity index (χ4v) is 6.30. The van der Waals surface area contributed by atoms with Crippen molar-refractivity contribution in [2.75, 3.05) is 10.6 Å². The van der Waals surface area contributed by atoms with Gasteiger partial charge in [-0.05, 0) is 85.1 Å². The van der Waals surface area contributed by atoms with Gasteiger partial charge in [0.2, 0.25) is 11.8 Å². The van der Waals surface area contributed by atoms with Crippen LogP contribution in [0.15, 0.2) is 97.1 Å². The molecule has 2 N–H and O–H groups in total. The first-order chi connectivity index (χ1) is 29.2. The Bertz CT molecular complexity index is 2180. The minimum absolute atomic E-state index is 0.00953. The van der Waals surface area contributed by atoms with E-state index in [1.54, 1.807) is 36.4 Å². The minimum atomic E-state index is -0.459. The third-order valence-corrected chi connectivity index (χ3v) is 9.42. The SMILES string of the molecule is O=C(CCCCCCCCCCCCCCCCC(=O)Nc1cccc(C#CC#Cc2cccc([N+](=O)[O-])c2)c1)Nc1cccc(C#CC#Cc2cccc([N+](=O)[O-])c2)c1. The average molecular weight is 803 g/mol. The number of amides is 2. The molecule has 0 aromatic heterocycles. The van der Waals surface area contributed by atoms with Crippen molar-refractivity contribution in [1.29, 1.82) is 0 Å². The van der Waals surface area contributed by atoms with Crippen LogP contribution >= 0.6 is 0 Å². The van der Waals surface area contributed by atoms with Gasteiger partial charge in [-0.2, -0.15) is 0 Å². The number of nitrogens with zero attached hydrogens (tertiary/aromatic N) is 2. The molecule has 0 saturated carbocycles. The van der Waals surface area contributed by atoms with Crippen LogP contribution in [0.3, 0.4) is 0 Å². The van der Waals surface area contributed by atoms with Crippen molar-refractivity contribution in [3.63, 3.8) is 0 Å². The van der Waals surface area contributed by atoms with E-state index in [9.17, 15) is 29.8 Å². The molecule has 0 aliphatic carbocycles. The molecule has 4 aromatic rings. The minimum Gasteiger partial charge on any atom is -0.326 e. The second-order valence-corrected chi connectivity index (χ2v) is 14.3. The summed E-state index contributed by atoms with van der Waals surface area (Å²) < 4.78 is 0. The number of hydrogen-bond acceptors (Lipinski definition) is 6. The van der Waals surface area contributed by atoms with Gasteiger partial charge >= 0.3 is 0 Å². The van der Waals surface area contributed by atoms with Crippen molar-refractivity contribution >= 4 is 34.6 Å². The lowest BCUT2D eigenvalue weighted by Gasteiger charge is -2.06. The van der Waals surface area contributed by atoms with Crippen LogP contribution in [0, 0.1) is 67.6 Å². The number of nitrogens with one attached hydrogen (secondary N) is 2. The summed E-state index contributed by atoms with van der Waals surface area (Å²) in [6.45, 7) is 0. The number of hydrogen-bond donors (Lipinski definition) is 2. The van der Waals surface area contributed by atoms with Crippen LogP contribution in [0.5, 0.6) is 0 Å². The number of nitro groups is 2. The van der Waals surface area contributed by atoms with Gasteiger partial charge in [0, 0.05) is 70.7 Å². The summed E-state index contributed by atoms with van der Waals surface area (Å²) in [6.07, 6.45) is 16.9. The van der Waals surface area contributed by atoms with Crippen LogP contribution in [0.25, 0.3) is 0 Å². The molecule has 0 atom stereocenters. The van der Waals surface area contributed by atoms with Crippen LogP contribution < -0.4 is 10.6 Å². The fourth-order valence-electron chi connectivity index (χ4n) is 6.30. The molecular weight excluding hydrogens is 753 g/mol. The highest BCUT2D eigenvalue weighted by molar-refractivity contribution is 5.91. The van der Waals surface area contributed by atoms with E-state index >= 15 is 0 Å². The number of benzene rings is 4. The van der Waals surface area contributed by atoms with Crippen LogP contribution in [-0.4, -0.2) is 21.7 Å². The molecule has 4 rings (SSSR count). The number of non-ortho nitro benzene ring substituents is 2. The summed E-state index contributed by atoms with van der Waals surface area (Å²) in [4.78, 5) is 45.9. The van der Waals surface area contributed by atoms with E-state index in [-0.39, 0.29) is 23.2 Å². The van der Waals surface area contributed by atoms with Crippen molar-refractivity contribution in [3.05, 3.63) is 140 Å². The molecule has 0 saturated heterocycles. The summed E-state index contributed by atoms with van der Waals surface area (Å²) in [5, 5.41) is 27.7. The Morgan fingerprint density at radius 2 is 0.700 bits per heavy atom. The van der Waals surface area contributed by atoms with Crippen molar-refractivity contribution in [3.8, 4) is 47.4 Å². The third-order valence-electron chi connectivity index (χ3n) is 9.42. The van der Waals surface area contributed by atoms with Gasteiger partial charge in [-0.3, -0.25) is 29.8 Å². The van der Waals surface area contributed by atoms with Crippen LogP contribution in [-0.2, 0) is 9.59 Å². The first-order valence-electron chi connectivity index (χ1n) is 20.6. The Hall–Kier alpha value is -7.14. The van der Waals surface area contributed by atoms with Crippen LogP contribution in [0.1, 0.15) is 125 Å². The van der Waals surface area contributed by atoms with E-state index in [0.29, 0.717) is 46.5 Å². The smallest absolute Gasteiger partial charge is 0.270 e. The quantitative estimate of drug-likeness (QED) is 0.0371. The molecule has 0 bridgehead atoms. The maximum Gasteiger partial charge on any atom is 0.270 e. The summed E-state index contributed by atoms with van der Waals surface area (Å²) in [5.41, 5.74) is 3.82. The Morgan fingerprint density at radius 3 is 1.02 bits per heavy atom. The van der Waals surface area contributed by atoms with E-state index in [0.717, 1.165) is 38.5 Å². The molecule has 4 aromatic carbocycles. The zero-order chi connectivity index (χ0) is 42.6. The molecule has 0 unspecified atom stereocenters. The van der Waals surface area contributed by atoms with Crippen molar-refractivity contribution in [1.82, 2.24) is 0 Å². The molecule has 0 spiro atoms. The monoisotopic (exact) mass is 802 g/mol. The molecule has 0 aliphatic rings. The first-order valence-corrected chi connectivity index (χ1v) is 20.6. The molecule has 306 valence electrons. The lowest BCUT2D eigenvalue weighted by Crippen LogP contribution is -2.11. The zero-order valence-electron chi connectivity index (χ0n) is 33.9. The highest BCUT2D eigenvalue weighted by Crippen LogP contribution is 2.17. The van der Waals surface area contributed by atoms with Crippen LogP contribution in [0.2, 0.25) is 0 Å². The van der Waals surface area contributed by atoms with Crippen molar-refractivity contribution in [2.24, 2.45) is 0 Å². The van der Waals surface area contributed by atoms with E-state index in [2.05, 4.69) is 58.0 Å². The number of unbranched alkanes of at least 4 members (excludes halogenated alkanes) is 13. The van der Waals surface area contributed by atoms with Gasteiger partial charge in [0.1, 0.15) is 0 Å². The van der Waals surface area contributed by atoms with Gasteiger partial charge in [0.15, 0.2) is 0 Å². The zero-order valence-corrected chi connectivity index (χ0v) is 33.9. The number of carbonyl (C=O) groups excluding carboxylic acids is 2. The lowest BCUT2D eigenvalue weighted by molar-refractivity contribution is -0.385. The van der Waals surface area contributed by atoms with Gasteiger partial charge in [-0.1, -0.05) is 125 Å². The second-order valence-electron chi connectivity index (χ2n) is 14.3. The predicted octanol–water partition coefficient (Wildman–Crippen LogP) is 11.1. The third kappa shape index (κ3) is 18.9. The van der Waals surface area contributed by atoms with Gasteiger partial charge in [0.05, 0.1) is 9.85 Å². The first kappa shape index (κ1) is 45.6. The molecule has 0 radical (unpaired) electrons. The molecule has 0 fully saturated rings. The summed E-state index contributed by atoms with van der Waals surface area (Å²) in [5.74, 6) is 22.5.